The second-order valence-electron chi connectivity index (χ2n) is 3.41. The zero-order valence-corrected chi connectivity index (χ0v) is 10.9. The van der Waals surface area contributed by atoms with E-state index in [-0.39, 0.29) is 5.54 Å². The summed E-state index contributed by atoms with van der Waals surface area (Å²) in [5, 5.41) is 0. The summed E-state index contributed by atoms with van der Waals surface area (Å²) >= 11 is 12.2. The highest BCUT2D eigenvalue weighted by molar-refractivity contribution is 7.25. The van der Waals surface area contributed by atoms with E-state index in [1.54, 1.807) is 0 Å². The number of hydrogen-bond acceptors (Lipinski definition) is 2. The van der Waals surface area contributed by atoms with E-state index in [1.165, 1.54) is 0 Å². The fourth-order valence-electron chi connectivity index (χ4n) is 1.10. The molecule has 1 aliphatic rings. The Morgan fingerprint density at radius 1 is 1.36 bits per heavy atom. The molecule has 0 saturated carbocycles. The highest BCUT2D eigenvalue weighted by Gasteiger charge is 2.45. The maximum absolute atomic E-state index is 6.08. The second-order valence-corrected chi connectivity index (χ2v) is 10.3. The van der Waals surface area contributed by atoms with Crippen molar-refractivity contribution in [3.63, 3.8) is 0 Å². The lowest BCUT2D eigenvalue weighted by Gasteiger charge is -2.50. The third-order valence-electron chi connectivity index (χ3n) is 2.33. The molecule has 0 aromatic carbocycles. The maximum atomic E-state index is 6.08. The Kier molecular flexibility index (Phi) is 3.06. The van der Waals surface area contributed by atoms with Crippen molar-refractivity contribution in [1.29, 1.82) is 0 Å². The Morgan fingerprint density at radius 2 is 1.82 bits per heavy atom. The fraction of sp³-hybridized carbons (Fsp3) is 1.00. The van der Waals surface area contributed by atoms with Crippen molar-refractivity contribution in [1.82, 2.24) is 8.88 Å². The molecule has 0 amide bonds. The van der Waals surface area contributed by atoms with Crippen LogP contribution in [0.4, 0.5) is 0 Å². The molecule has 0 radical (unpaired) electrons. The molecule has 0 aromatic rings. The van der Waals surface area contributed by atoms with Crippen LogP contribution in [0.2, 0.25) is 0 Å². The molecule has 1 fully saturated rings. The van der Waals surface area contributed by atoms with Gasteiger partial charge in [-0.2, -0.15) is 0 Å². The smallest absolute Gasteiger partial charge is 0.279 e. The van der Waals surface area contributed by atoms with Gasteiger partial charge in [-0.05, 0) is 20.3 Å². The highest BCUT2D eigenvalue weighted by atomic mass is 35.6. The van der Waals surface area contributed by atoms with Crippen LogP contribution in [0.3, 0.4) is 0 Å². The van der Waals surface area contributed by atoms with Crippen LogP contribution >= 0.6 is 22.2 Å². The summed E-state index contributed by atoms with van der Waals surface area (Å²) in [6.07, 6.45) is 1.11. The van der Waals surface area contributed by atoms with E-state index < -0.39 is 16.9 Å². The molecule has 0 spiro atoms. The molecule has 1 aliphatic heterocycles. The van der Waals surface area contributed by atoms with E-state index >= 15 is 0 Å². The number of nitrogens with zero attached hydrogens (tertiary/aromatic N) is 1. The van der Waals surface area contributed by atoms with Gasteiger partial charge in [0.25, 0.3) is 16.9 Å². The maximum Gasteiger partial charge on any atom is 0.279 e. The van der Waals surface area contributed by atoms with Gasteiger partial charge in [-0.1, -0.05) is 6.92 Å². The Morgan fingerprint density at radius 3 is 2.00 bits per heavy atom. The molecule has 2 atom stereocenters. The van der Waals surface area contributed by atoms with Gasteiger partial charge in [0.15, 0.2) is 0 Å². The average Bonchev–Trinajstić information content (AvgIpc) is 1.86. The van der Waals surface area contributed by atoms with Gasteiger partial charge in [0.2, 0.25) is 0 Å². The summed E-state index contributed by atoms with van der Waals surface area (Å²) in [4.78, 5) is 0. The monoisotopic (exact) mass is 228 g/mol. The van der Waals surface area contributed by atoms with Crippen molar-refractivity contribution >= 4 is 39.0 Å². The lowest BCUT2D eigenvalue weighted by atomic mass is 10.0. The van der Waals surface area contributed by atoms with E-state index in [9.17, 15) is 0 Å². The predicted molar refractivity (Wildman–Crippen MR) is 55.3 cm³/mol. The van der Waals surface area contributed by atoms with Crippen molar-refractivity contribution in [3.8, 4) is 0 Å². The summed E-state index contributed by atoms with van der Waals surface area (Å²) in [5.41, 5.74) is 0.211. The highest BCUT2D eigenvalue weighted by Crippen LogP contribution is 2.27. The molecular weight excluding hydrogens is 215 g/mol. The number of halogens is 2. The zero-order chi connectivity index (χ0) is 8.65. The molecule has 0 aliphatic carbocycles. The van der Waals surface area contributed by atoms with Crippen LogP contribution < -0.4 is 4.65 Å². The van der Waals surface area contributed by atoms with Crippen molar-refractivity contribution in [2.75, 3.05) is 0 Å². The van der Waals surface area contributed by atoms with Crippen LogP contribution in [0.5, 0.6) is 0 Å². The largest absolute Gasteiger partial charge is 0.316 e. The van der Waals surface area contributed by atoms with Gasteiger partial charge in [-0.25, -0.2) is 0 Å². The van der Waals surface area contributed by atoms with Gasteiger partial charge in [0.1, 0.15) is 0 Å². The number of hydrogen-bond donors (Lipinski definition) is 1. The summed E-state index contributed by atoms with van der Waals surface area (Å²) in [6.45, 7) is 6.59. The van der Waals surface area contributed by atoms with Gasteiger partial charge in [-0.3, -0.25) is 4.23 Å². The van der Waals surface area contributed by atoms with Crippen LogP contribution in [0.1, 0.15) is 27.2 Å². The first-order valence-corrected chi connectivity index (χ1v) is 9.49. The first-order chi connectivity index (χ1) is 4.99. The minimum Gasteiger partial charge on any atom is -0.316 e. The second kappa shape index (κ2) is 3.35. The normalized spacial score (nSPS) is 33.5. The lowest BCUT2D eigenvalue weighted by Crippen LogP contribution is -2.77. The van der Waals surface area contributed by atoms with Crippen molar-refractivity contribution in [2.45, 2.75) is 32.7 Å². The molecule has 1 heterocycles. The topological polar surface area (TPSA) is 15.3 Å². The van der Waals surface area contributed by atoms with Crippen LogP contribution in [0, 0.1) is 0 Å². The molecule has 1 rings (SSSR count). The van der Waals surface area contributed by atoms with Gasteiger partial charge in [0.05, 0.1) is 0 Å². The fourth-order valence-corrected chi connectivity index (χ4v) is 12.0. The summed E-state index contributed by atoms with van der Waals surface area (Å²) in [7, 11) is -2.60. The van der Waals surface area contributed by atoms with Crippen molar-refractivity contribution < 1.29 is 0 Å². The van der Waals surface area contributed by atoms with Crippen molar-refractivity contribution in [3.05, 3.63) is 0 Å². The van der Waals surface area contributed by atoms with Crippen LogP contribution in [0.25, 0.3) is 0 Å². The van der Waals surface area contributed by atoms with Crippen LogP contribution in [-0.2, 0) is 0 Å². The molecule has 11 heavy (non-hydrogen) atoms. The molecule has 2 unspecified atom stereocenters. The first kappa shape index (κ1) is 10.0. The molecule has 0 bridgehead atoms. The van der Waals surface area contributed by atoms with Gasteiger partial charge in [-0.15, -0.1) is 22.2 Å². The summed E-state index contributed by atoms with van der Waals surface area (Å²) in [5.74, 6) is 0. The molecule has 1 saturated heterocycles. The summed E-state index contributed by atoms with van der Waals surface area (Å²) in [6, 6.07) is 0. The molecule has 66 valence electrons. The minimum atomic E-state index is -1.30. The molecule has 0 aromatic heterocycles. The Labute approximate surface area is 80.8 Å². The number of rotatable bonds is 2. The molecule has 2 nitrogen and oxygen atoms in total. The van der Waals surface area contributed by atoms with E-state index in [2.05, 4.69) is 29.7 Å². The van der Waals surface area contributed by atoms with E-state index in [0.717, 1.165) is 6.42 Å². The quantitative estimate of drug-likeness (QED) is 0.561. The van der Waals surface area contributed by atoms with Gasteiger partial charge >= 0.3 is 0 Å². The Hall–Kier alpha value is 0.934. The lowest BCUT2D eigenvalue weighted by molar-refractivity contribution is 0.305. The van der Waals surface area contributed by atoms with Crippen LogP contribution in [-0.4, -0.2) is 26.6 Å². The predicted octanol–water partition coefficient (Wildman–Crippen LogP) is 0.992. The third kappa shape index (κ3) is 1.81. The standard InChI is InChI=1S/C5H14Cl2N2Si2/c1-4-5(2,3)9-10(6)8-11(9)7/h8,10-11H,4H2,1-3H3. The van der Waals surface area contributed by atoms with Crippen molar-refractivity contribution in [2.24, 2.45) is 0 Å². The minimum absolute atomic E-state index is 0.211. The SMILES string of the molecule is CCC(C)(C)N1[SiH](Cl)N[SiH]1Cl. The third-order valence-corrected chi connectivity index (χ3v) is 13.4. The molecule has 1 N–H and O–H groups in total. The zero-order valence-electron chi connectivity index (χ0n) is 7.06. The van der Waals surface area contributed by atoms with E-state index in [1.807, 2.05) is 0 Å². The molecular formula is C5H14Cl2N2Si2. The van der Waals surface area contributed by atoms with E-state index in [4.69, 9.17) is 22.2 Å². The van der Waals surface area contributed by atoms with E-state index in [0.29, 0.717) is 0 Å². The summed E-state index contributed by atoms with van der Waals surface area (Å²) < 4.78 is 5.56. The van der Waals surface area contributed by atoms with Gasteiger partial charge in [0, 0.05) is 5.54 Å². The van der Waals surface area contributed by atoms with Crippen LogP contribution in [0.15, 0.2) is 0 Å². The van der Waals surface area contributed by atoms with Gasteiger partial charge < -0.3 is 4.65 Å². The first-order valence-electron chi connectivity index (χ1n) is 3.81. The Bertz CT molecular complexity index is 147. The number of nitrogens with one attached hydrogen (secondary N) is 1. The average molecular weight is 229 g/mol. The Balaban J connectivity index is 2.58. The molecule has 6 heteroatoms.